The van der Waals surface area contributed by atoms with Gasteiger partial charge < -0.3 is 15.3 Å². The number of rotatable bonds is 3. The minimum Gasteiger partial charge on any atom is -0.465 e. The minimum atomic E-state index is -0.777. The van der Waals surface area contributed by atoms with Crippen molar-refractivity contribution in [2.45, 2.75) is 67.4 Å². The number of hydrogen-bond acceptors (Lipinski definition) is 3. The number of carbonyl (C=O) groups excluding carboxylic acids is 1. The minimum absolute atomic E-state index is 0.0559. The first-order valence-corrected chi connectivity index (χ1v) is 11.2. The number of piperidine rings is 1. The number of amides is 2. The number of nitrogens with one attached hydrogen (secondary N) is 1. The topological polar surface area (TPSA) is 72.9 Å². The van der Waals surface area contributed by atoms with Crippen LogP contribution in [0.5, 0.6) is 0 Å². The van der Waals surface area contributed by atoms with Crippen LogP contribution in [-0.4, -0.2) is 68.6 Å². The molecule has 1 unspecified atom stereocenters. The Balaban J connectivity index is 1.26. The van der Waals surface area contributed by atoms with Crippen LogP contribution in [0.25, 0.3) is 0 Å². The number of likely N-dealkylation sites (tertiary alicyclic amines) is 2. The van der Waals surface area contributed by atoms with Gasteiger partial charge in [-0.2, -0.15) is 0 Å². The highest BCUT2D eigenvalue weighted by Crippen LogP contribution is 2.54. The average Bonchev–Trinajstić information content (AvgIpc) is 3.06. The summed E-state index contributed by atoms with van der Waals surface area (Å²) >= 11 is 2.55. The second-order valence-corrected chi connectivity index (χ2v) is 10.5. The van der Waals surface area contributed by atoms with Gasteiger partial charge in [0.15, 0.2) is 0 Å². The van der Waals surface area contributed by atoms with Gasteiger partial charge in [0.25, 0.3) is 0 Å². The third kappa shape index (κ3) is 3.23. The fourth-order valence-corrected chi connectivity index (χ4v) is 6.84. The number of carboxylic acid groups (broad SMARTS) is 1. The van der Waals surface area contributed by atoms with E-state index in [1.807, 2.05) is 0 Å². The summed E-state index contributed by atoms with van der Waals surface area (Å²) in [7, 11) is 0. The van der Waals surface area contributed by atoms with Crippen molar-refractivity contribution in [3.05, 3.63) is 0 Å². The number of halogens is 1. The Hall–Kier alpha value is -0.570. The Kier molecular flexibility index (Phi) is 4.91. The zero-order valence-corrected chi connectivity index (χ0v) is 17.7. The molecule has 2 heterocycles. The van der Waals surface area contributed by atoms with E-state index in [0.717, 1.165) is 51.6 Å². The van der Waals surface area contributed by atoms with E-state index in [1.54, 1.807) is 4.90 Å². The van der Waals surface area contributed by atoms with E-state index in [2.05, 4.69) is 39.7 Å². The molecule has 0 aromatic carbocycles. The highest BCUT2D eigenvalue weighted by Gasteiger charge is 2.58. The Morgan fingerprint density at radius 2 is 1.85 bits per heavy atom. The lowest BCUT2D eigenvalue weighted by molar-refractivity contribution is -0.130. The van der Waals surface area contributed by atoms with Crippen LogP contribution in [-0.2, 0) is 4.79 Å². The number of hydrogen-bond donors (Lipinski definition) is 2. The number of alkyl halides is 1. The van der Waals surface area contributed by atoms with Crippen LogP contribution in [0.3, 0.4) is 0 Å². The van der Waals surface area contributed by atoms with Crippen molar-refractivity contribution in [2.24, 2.45) is 11.3 Å². The first-order chi connectivity index (χ1) is 12.3. The van der Waals surface area contributed by atoms with E-state index in [-0.39, 0.29) is 22.8 Å². The molecular weight excluding hydrogens is 445 g/mol. The second kappa shape index (κ2) is 6.79. The third-order valence-electron chi connectivity index (χ3n) is 7.45. The van der Waals surface area contributed by atoms with Gasteiger partial charge in [0.2, 0.25) is 5.91 Å². The zero-order chi connectivity index (χ0) is 18.5. The summed E-state index contributed by atoms with van der Waals surface area (Å²) in [6.45, 7) is 5.54. The van der Waals surface area contributed by atoms with Crippen LogP contribution >= 0.6 is 22.6 Å². The quantitative estimate of drug-likeness (QED) is 0.487. The molecule has 0 radical (unpaired) electrons. The second-order valence-electron chi connectivity index (χ2n) is 9.20. The molecule has 0 aromatic rings. The van der Waals surface area contributed by atoms with Crippen molar-refractivity contribution in [1.82, 2.24) is 15.1 Å². The van der Waals surface area contributed by atoms with Gasteiger partial charge in [0.1, 0.15) is 0 Å². The Morgan fingerprint density at radius 3 is 2.35 bits per heavy atom. The zero-order valence-electron chi connectivity index (χ0n) is 15.5. The molecule has 2 N–H and O–H groups in total. The Morgan fingerprint density at radius 1 is 1.15 bits per heavy atom. The Labute approximate surface area is 169 Å². The first-order valence-electron chi connectivity index (χ1n) is 10.00. The lowest BCUT2D eigenvalue weighted by atomic mass is 9.64. The summed E-state index contributed by atoms with van der Waals surface area (Å²) < 4.78 is 0.517. The maximum Gasteiger partial charge on any atom is 0.407 e. The smallest absolute Gasteiger partial charge is 0.407 e. The van der Waals surface area contributed by atoms with Crippen molar-refractivity contribution in [3.8, 4) is 0 Å². The fourth-order valence-electron chi connectivity index (χ4n) is 5.37. The highest BCUT2D eigenvalue weighted by atomic mass is 127. The molecule has 146 valence electrons. The average molecular weight is 475 g/mol. The summed E-state index contributed by atoms with van der Waals surface area (Å²) in [6, 6.07) is 0.553. The van der Waals surface area contributed by atoms with Gasteiger partial charge >= 0.3 is 6.09 Å². The predicted octanol–water partition coefficient (Wildman–Crippen LogP) is 2.70. The summed E-state index contributed by atoms with van der Waals surface area (Å²) in [5, 5.41) is 12.5. The van der Waals surface area contributed by atoms with Gasteiger partial charge in [-0.1, -0.05) is 22.6 Å². The van der Waals surface area contributed by atoms with Crippen molar-refractivity contribution >= 4 is 34.6 Å². The summed E-state index contributed by atoms with van der Waals surface area (Å²) in [4.78, 5) is 27.9. The predicted molar refractivity (Wildman–Crippen MR) is 108 cm³/mol. The molecule has 0 aromatic heterocycles. The highest BCUT2D eigenvalue weighted by molar-refractivity contribution is 14.1. The fraction of sp³-hybridized carbons (Fsp3) is 0.895. The lowest BCUT2D eigenvalue weighted by Gasteiger charge is -2.55. The molecule has 4 aliphatic rings. The summed E-state index contributed by atoms with van der Waals surface area (Å²) in [5.74, 6) is 0.426. The summed E-state index contributed by atoms with van der Waals surface area (Å²) in [6.07, 6.45) is 6.71. The van der Waals surface area contributed by atoms with Crippen LogP contribution in [0.15, 0.2) is 0 Å². The van der Waals surface area contributed by atoms with Gasteiger partial charge in [-0.05, 0) is 65.0 Å². The van der Waals surface area contributed by atoms with Gasteiger partial charge in [-0.25, -0.2) is 4.79 Å². The summed E-state index contributed by atoms with van der Waals surface area (Å²) in [5.41, 5.74) is 0.247. The molecule has 26 heavy (non-hydrogen) atoms. The van der Waals surface area contributed by atoms with Crippen LogP contribution < -0.4 is 5.32 Å². The van der Waals surface area contributed by atoms with E-state index in [4.69, 9.17) is 0 Å². The molecule has 4 rings (SSSR count). The molecule has 1 spiro atoms. The van der Waals surface area contributed by atoms with Gasteiger partial charge in [-0.3, -0.25) is 9.69 Å². The van der Waals surface area contributed by atoms with E-state index in [9.17, 15) is 14.7 Å². The van der Waals surface area contributed by atoms with E-state index < -0.39 is 6.09 Å². The SMILES string of the molecule is CC1(NC(=O)C2CCN([C@@H]3C[C@]4(CCN(C(=O)O)C4)C3I)CC2)CCC1. The molecule has 2 saturated carbocycles. The molecule has 0 bridgehead atoms. The molecule has 2 amide bonds. The van der Waals surface area contributed by atoms with Crippen LogP contribution in [0.2, 0.25) is 0 Å². The molecule has 2 aliphatic carbocycles. The maximum absolute atomic E-state index is 12.5. The lowest BCUT2D eigenvalue weighted by Crippen LogP contribution is -2.63. The van der Waals surface area contributed by atoms with Crippen LogP contribution in [0, 0.1) is 11.3 Å². The molecule has 7 heteroatoms. The van der Waals surface area contributed by atoms with Crippen LogP contribution in [0.1, 0.15) is 51.9 Å². The molecule has 4 fully saturated rings. The molecule has 6 nitrogen and oxygen atoms in total. The monoisotopic (exact) mass is 475 g/mol. The molecule has 2 saturated heterocycles. The molecule has 2 aliphatic heterocycles. The molecule has 3 atom stereocenters. The molecular formula is C19H30IN3O3. The van der Waals surface area contributed by atoms with Crippen molar-refractivity contribution in [1.29, 1.82) is 0 Å². The van der Waals surface area contributed by atoms with Crippen molar-refractivity contribution in [3.63, 3.8) is 0 Å². The van der Waals surface area contributed by atoms with Crippen molar-refractivity contribution in [2.75, 3.05) is 26.2 Å². The van der Waals surface area contributed by atoms with E-state index in [1.165, 1.54) is 6.42 Å². The number of carbonyl (C=O) groups is 2. The van der Waals surface area contributed by atoms with Gasteiger partial charge in [0, 0.05) is 39.9 Å². The van der Waals surface area contributed by atoms with E-state index in [0.29, 0.717) is 23.1 Å². The van der Waals surface area contributed by atoms with E-state index >= 15 is 0 Å². The van der Waals surface area contributed by atoms with Gasteiger partial charge in [0.05, 0.1) is 0 Å². The first kappa shape index (κ1) is 18.8. The van der Waals surface area contributed by atoms with Gasteiger partial charge in [-0.15, -0.1) is 0 Å². The third-order valence-corrected chi connectivity index (χ3v) is 9.60. The largest absolute Gasteiger partial charge is 0.465 e. The standard InChI is InChI=1S/C19H30IN3O3/c1-18(5-2-6-18)21-16(24)13-3-8-22(9-4-13)14-11-19(15(14)20)7-10-23(12-19)17(25)26/h13-15H,2-12H2,1H3,(H,21,24)(H,25,26)/t14-,15?,19+/m1/s1. The number of nitrogens with zero attached hydrogens (tertiary/aromatic N) is 2. The Bertz CT molecular complexity index is 589. The normalized spacial score (nSPS) is 37.2. The van der Waals surface area contributed by atoms with Crippen LogP contribution in [0.4, 0.5) is 4.79 Å². The van der Waals surface area contributed by atoms with Crippen molar-refractivity contribution < 1.29 is 14.7 Å². The maximum atomic E-state index is 12.5.